The zero-order valence-corrected chi connectivity index (χ0v) is 29.6. The molecule has 16 nitrogen and oxygen atoms in total. The Morgan fingerprint density at radius 2 is 1.38 bits per heavy atom. The van der Waals surface area contributed by atoms with Gasteiger partial charge in [0.15, 0.2) is 11.5 Å². The van der Waals surface area contributed by atoms with Gasteiger partial charge in [0.1, 0.15) is 23.8 Å². The molecule has 0 unspecified atom stereocenters. The number of hydrogen-bond donors (Lipinski definition) is 5. The number of hydrogen-bond acceptors (Lipinski definition) is 11. The van der Waals surface area contributed by atoms with Crippen molar-refractivity contribution in [1.29, 1.82) is 10.5 Å². The summed E-state index contributed by atoms with van der Waals surface area (Å²) in [6.07, 6.45) is 0.680. The van der Waals surface area contributed by atoms with E-state index in [1.807, 2.05) is 60.7 Å². The highest BCUT2D eigenvalue weighted by atomic mass is 16.5. The quantitative estimate of drug-likeness (QED) is 0.0870. The molecule has 2 amide bonds. The van der Waals surface area contributed by atoms with Crippen LogP contribution >= 0.6 is 0 Å². The molecule has 282 valence electrons. The molecule has 2 heterocycles. The number of carbonyl (C=O) groups excluding carboxylic acids is 2. The van der Waals surface area contributed by atoms with Gasteiger partial charge in [0.2, 0.25) is 0 Å². The molecule has 0 saturated carbocycles. The van der Waals surface area contributed by atoms with Crippen molar-refractivity contribution >= 4 is 46.0 Å². The van der Waals surface area contributed by atoms with Gasteiger partial charge in [0.05, 0.1) is 64.5 Å². The van der Waals surface area contributed by atoms with Crippen LogP contribution in [0.2, 0.25) is 0 Å². The molecule has 0 aliphatic rings. The van der Waals surface area contributed by atoms with Crippen LogP contribution in [0.3, 0.4) is 0 Å². The molecule has 5 N–H and O–H groups in total. The maximum atomic E-state index is 13.0. The van der Waals surface area contributed by atoms with Gasteiger partial charge in [-0.05, 0) is 60.7 Å². The number of benzene rings is 4. The number of aromatic nitrogens is 2. The van der Waals surface area contributed by atoms with E-state index in [1.54, 1.807) is 17.7 Å². The number of carboxylic acids is 2. The van der Waals surface area contributed by atoms with Crippen molar-refractivity contribution in [2.45, 2.75) is 13.0 Å². The Morgan fingerprint density at radius 3 is 1.95 bits per heavy atom. The monoisotopic (exact) mass is 756 g/mol. The summed E-state index contributed by atoms with van der Waals surface area (Å²) in [4.78, 5) is 47.7. The summed E-state index contributed by atoms with van der Waals surface area (Å²) in [5, 5.41) is 54.4. The van der Waals surface area contributed by atoms with Crippen LogP contribution in [-0.2, 0) is 13.7 Å². The van der Waals surface area contributed by atoms with E-state index in [4.69, 9.17) is 30.2 Å². The van der Waals surface area contributed by atoms with Gasteiger partial charge in [-0.15, -0.1) is 0 Å². The van der Waals surface area contributed by atoms with E-state index >= 15 is 0 Å². The predicted molar refractivity (Wildman–Crippen MR) is 200 cm³/mol. The Balaban J connectivity index is 0.000000244. The standard InChI is InChI=1S/C27H23N3O5.C13H9N3O5/c1-30-23(26(31)29-22-12-11-18(17-28)15-21(22)27(32)33)16-19-7-5-10-24(25(19)30)35-14-6-13-34-20-8-3-2-4-9-20;14-5-7-1-2-10(9(3-7)13(19)20)15-12(18)11-4-8(6-17)21-16-11/h2-5,7-12,15-16H,6,13-14H2,1H3,(H,29,31)(H,32,33);1-4,17H,6H2,(H,15,18)(H,19,20). The summed E-state index contributed by atoms with van der Waals surface area (Å²) in [6.45, 7) is 0.542. The molecule has 0 aliphatic heterocycles. The van der Waals surface area contributed by atoms with Crippen LogP contribution in [-0.4, -0.2) is 62.0 Å². The second-order valence-electron chi connectivity index (χ2n) is 11.7. The first-order valence-corrected chi connectivity index (χ1v) is 16.7. The number of rotatable bonds is 13. The van der Waals surface area contributed by atoms with E-state index in [0.717, 1.165) is 22.7 Å². The molecule has 0 atom stereocenters. The van der Waals surface area contributed by atoms with Gasteiger partial charge in [0.25, 0.3) is 11.8 Å². The highest BCUT2D eigenvalue weighted by Crippen LogP contribution is 2.29. The SMILES string of the molecule is Cn1c(C(=O)Nc2ccc(C#N)cc2C(=O)O)cc2cccc(OCCCOc3ccccc3)c21.N#Cc1ccc(NC(=O)c2cc(CO)on2)c(C(=O)O)c1. The van der Waals surface area contributed by atoms with E-state index in [2.05, 4.69) is 20.3 Å². The minimum atomic E-state index is -1.28. The fraction of sp³-hybridized carbons (Fsp3) is 0.125. The van der Waals surface area contributed by atoms with E-state index in [-0.39, 0.29) is 45.1 Å². The van der Waals surface area contributed by atoms with E-state index in [1.165, 1.54) is 36.4 Å². The van der Waals surface area contributed by atoms with Crippen molar-refractivity contribution in [3.05, 3.63) is 136 Å². The number of aliphatic hydroxyl groups is 1. The number of nitrogens with zero attached hydrogens (tertiary/aromatic N) is 4. The number of carbonyl (C=O) groups is 4. The number of anilines is 2. The summed E-state index contributed by atoms with van der Waals surface area (Å²) in [6, 6.07) is 29.7. The van der Waals surface area contributed by atoms with Gasteiger partial charge in [-0.25, -0.2) is 9.59 Å². The normalized spacial score (nSPS) is 10.3. The van der Waals surface area contributed by atoms with E-state index in [0.29, 0.717) is 31.1 Å². The fourth-order valence-electron chi connectivity index (χ4n) is 5.33. The van der Waals surface area contributed by atoms with Crippen molar-refractivity contribution < 1.29 is 48.5 Å². The summed E-state index contributed by atoms with van der Waals surface area (Å²) in [5.41, 5.74) is 1.12. The Kier molecular flexibility index (Phi) is 12.8. The largest absolute Gasteiger partial charge is 0.493 e. The topological polar surface area (TPSA) is 250 Å². The van der Waals surface area contributed by atoms with Crippen LogP contribution in [0.5, 0.6) is 11.5 Å². The van der Waals surface area contributed by atoms with Crippen LogP contribution < -0.4 is 20.1 Å². The molecule has 2 aromatic heterocycles. The molecule has 6 aromatic rings. The number of carboxylic acid groups (broad SMARTS) is 2. The molecule has 0 saturated heterocycles. The van der Waals surface area contributed by atoms with E-state index in [9.17, 15) is 24.3 Å². The maximum Gasteiger partial charge on any atom is 0.337 e. The number of aromatic carboxylic acids is 2. The second kappa shape index (κ2) is 18.2. The van der Waals surface area contributed by atoms with Gasteiger partial charge in [-0.1, -0.05) is 35.5 Å². The first kappa shape index (κ1) is 39.3. The van der Waals surface area contributed by atoms with Crippen LogP contribution in [0.15, 0.2) is 102 Å². The second-order valence-corrected chi connectivity index (χ2v) is 11.7. The summed E-state index contributed by atoms with van der Waals surface area (Å²) in [5.74, 6) is -2.13. The molecule has 0 spiro atoms. The smallest absolute Gasteiger partial charge is 0.337 e. The molecular weight excluding hydrogens is 724 g/mol. The molecule has 6 rings (SSSR count). The zero-order valence-electron chi connectivity index (χ0n) is 29.6. The Morgan fingerprint density at radius 1 is 0.768 bits per heavy atom. The van der Waals surface area contributed by atoms with Crippen LogP contribution in [0.25, 0.3) is 10.9 Å². The van der Waals surface area contributed by atoms with Crippen molar-refractivity contribution in [3.8, 4) is 23.6 Å². The van der Waals surface area contributed by atoms with Gasteiger partial charge in [-0.3, -0.25) is 9.59 Å². The lowest BCUT2D eigenvalue weighted by Crippen LogP contribution is -2.17. The number of aryl methyl sites for hydroxylation is 1. The molecule has 0 aliphatic carbocycles. The van der Waals surface area contributed by atoms with Crippen LogP contribution in [0.1, 0.15) is 65.0 Å². The first-order chi connectivity index (χ1) is 27.0. The third-order valence-corrected chi connectivity index (χ3v) is 8.01. The fourth-order valence-corrected chi connectivity index (χ4v) is 5.33. The van der Waals surface area contributed by atoms with Crippen molar-refractivity contribution in [2.24, 2.45) is 7.05 Å². The lowest BCUT2D eigenvalue weighted by Gasteiger charge is -2.12. The first-order valence-electron chi connectivity index (χ1n) is 16.7. The van der Waals surface area contributed by atoms with Gasteiger partial charge in [-0.2, -0.15) is 10.5 Å². The molecule has 0 bridgehead atoms. The van der Waals surface area contributed by atoms with Crippen molar-refractivity contribution in [1.82, 2.24) is 9.72 Å². The predicted octanol–water partition coefficient (Wildman–Crippen LogP) is 5.84. The minimum absolute atomic E-state index is 0.0278. The van der Waals surface area contributed by atoms with Crippen molar-refractivity contribution in [2.75, 3.05) is 23.8 Å². The third-order valence-electron chi connectivity index (χ3n) is 8.01. The average molecular weight is 757 g/mol. The lowest BCUT2D eigenvalue weighted by molar-refractivity contribution is 0.0687. The van der Waals surface area contributed by atoms with Crippen LogP contribution in [0.4, 0.5) is 11.4 Å². The number of aliphatic hydroxyl groups excluding tert-OH is 1. The number of fused-ring (bicyclic) bond motifs is 1. The van der Waals surface area contributed by atoms with Gasteiger partial charge in [0, 0.05) is 24.9 Å². The Labute approximate surface area is 318 Å². The molecule has 56 heavy (non-hydrogen) atoms. The zero-order chi connectivity index (χ0) is 40.2. The Bertz CT molecular complexity index is 2500. The van der Waals surface area contributed by atoms with E-state index < -0.39 is 30.4 Å². The number of ether oxygens (including phenoxy) is 2. The maximum absolute atomic E-state index is 13.0. The lowest BCUT2D eigenvalue weighted by atomic mass is 10.1. The molecule has 16 heteroatoms. The highest BCUT2D eigenvalue weighted by molar-refractivity contribution is 6.10. The number of nitrogens with one attached hydrogen (secondary N) is 2. The summed E-state index contributed by atoms with van der Waals surface area (Å²) in [7, 11) is 1.75. The van der Waals surface area contributed by atoms with Gasteiger partial charge < -0.3 is 44.5 Å². The molecular formula is C40H32N6O10. The molecule has 4 aromatic carbocycles. The third kappa shape index (κ3) is 9.53. The van der Waals surface area contributed by atoms with Gasteiger partial charge >= 0.3 is 11.9 Å². The number of para-hydroxylation sites is 2. The van der Waals surface area contributed by atoms with Crippen molar-refractivity contribution in [3.63, 3.8) is 0 Å². The average Bonchev–Trinajstić information content (AvgIpc) is 3.84. The summed E-state index contributed by atoms with van der Waals surface area (Å²) < 4.78 is 18.1. The van der Waals surface area contributed by atoms with Crippen LogP contribution in [0, 0.1) is 22.7 Å². The highest BCUT2D eigenvalue weighted by Gasteiger charge is 2.20. The number of nitriles is 2. The molecule has 0 fully saturated rings. The minimum Gasteiger partial charge on any atom is -0.493 e. The summed E-state index contributed by atoms with van der Waals surface area (Å²) >= 11 is 0. The number of amides is 2. The molecule has 0 radical (unpaired) electrons. The Hall–Kier alpha value is -7.95.